The molecule has 3 heterocycles. The van der Waals surface area contributed by atoms with Gasteiger partial charge in [0.25, 0.3) is 11.5 Å². The number of para-hydroxylation sites is 1. The lowest BCUT2D eigenvalue weighted by molar-refractivity contribution is -0.113. The third-order valence-electron chi connectivity index (χ3n) is 5.99. The Kier molecular flexibility index (Phi) is 5.34. The highest BCUT2D eigenvalue weighted by Gasteiger charge is 2.34. The van der Waals surface area contributed by atoms with E-state index in [0.717, 1.165) is 28.2 Å². The van der Waals surface area contributed by atoms with Gasteiger partial charge in [0.15, 0.2) is 5.82 Å². The Bertz CT molecular complexity index is 1730. The van der Waals surface area contributed by atoms with Gasteiger partial charge in [-0.05, 0) is 55.0 Å². The third-order valence-corrected chi connectivity index (χ3v) is 7.01. The molecule has 0 N–H and O–H groups in total. The van der Waals surface area contributed by atoms with Crippen LogP contribution < -0.4 is 19.7 Å². The lowest BCUT2D eigenvalue weighted by atomic mass is 10.1. The summed E-state index contributed by atoms with van der Waals surface area (Å²) in [6.45, 7) is 2.75. The molecule has 9 heteroatoms. The van der Waals surface area contributed by atoms with Crippen molar-refractivity contribution in [2.45, 2.75) is 13.5 Å². The smallest absolute Gasteiger partial charge is 0.291 e. The molecule has 2 aromatic heterocycles. The number of nitrogens with zero attached hydrogens (tertiary/aromatic N) is 4. The minimum absolute atomic E-state index is 0.260. The fourth-order valence-electron chi connectivity index (χ4n) is 4.30. The second-order valence-corrected chi connectivity index (χ2v) is 9.21. The van der Waals surface area contributed by atoms with Crippen molar-refractivity contribution >= 4 is 33.5 Å². The maximum Gasteiger partial charge on any atom is 0.291 e. The third kappa shape index (κ3) is 3.64. The minimum Gasteiger partial charge on any atom is -0.494 e. The zero-order valence-corrected chi connectivity index (χ0v) is 20.0. The molecule has 36 heavy (non-hydrogen) atoms. The van der Waals surface area contributed by atoms with Crippen LogP contribution in [0.3, 0.4) is 0 Å². The SMILES string of the molecule is CCOc1ccc(-c2nc3s/c(=C4\C(=O)N(Cc5ccc(F)cc5)c5ccccc54)c(=O)n3n2)cc1. The maximum absolute atomic E-state index is 13.6. The zero-order chi connectivity index (χ0) is 24.8. The number of ether oxygens (including phenoxy) is 1. The highest BCUT2D eigenvalue weighted by Crippen LogP contribution is 2.36. The number of amides is 1. The van der Waals surface area contributed by atoms with Gasteiger partial charge in [-0.1, -0.05) is 41.7 Å². The molecule has 0 bridgehead atoms. The molecule has 0 aliphatic carbocycles. The summed E-state index contributed by atoms with van der Waals surface area (Å²) in [4.78, 5) is 33.5. The molecule has 6 rings (SSSR count). The Morgan fingerprint density at radius 1 is 0.972 bits per heavy atom. The Labute approximate surface area is 208 Å². The van der Waals surface area contributed by atoms with Crippen LogP contribution in [0.5, 0.6) is 5.75 Å². The first-order valence-electron chi connectivity index (χ1n) is 11.4. The Hall–Kier alpha value is -4.37. The van der Waals surface area contributed by atoms with Crippen molar-refractivity contribution in [3.63, 3.8) is 0 Å². The van der Waals surface area contributed by atoms with Gasteiger partial charge in [0.2, 0.25) is 4.96 Å². The molecule has 0 atom stereocenters. The van der Waals surface area contributed by atoms with Gasteiger partial charge in [0, 0.05) is 11.1 Å². The Morgan fingerprint density at radius 3 is 2.44 bits per heavy atom. The van der Waals surface area contributed by atoms with Crippen molar-refractivity contribution in [2.75, 3.05) is 11.5 Å². The van der Waals surface area contributed by atoms with Gasteiger partial charge < -0.3 is 9.64 Å². The van der Waals surface area contributed by atoms with Crippen molar-refractivity contribution in [3.05, 3.63) is 105 Å². The number of rotatable bonds is 5. The number of carbonyl (C=O) groups excluding carboxylic acids is 1. The molecule has 1 aliphatic heterocycles. The molecule has 5 aromatic rings. The summed E-state index contributed by atoms with van der Waals surface area (Å²) in [5.74, 6) is 0.547. The van der Waals surface area contributed by atoms with Crippen molar-refractivity contribution in [3.8, 4) is 17.1 Å². The lowest BCUT2D eigenvalue weighted by Crippen LogP contribution is -2.32. The summed E-state index contributed by atoms with van der Waals surface area (Å²) in [6.07, 6.45) is 0. The summed E-state index contributed by atoms with van der Waals surface area (Å²) >= 11 is 1.14. The van der Waals surface area contributed by atoms with Crippen LogP contribution in [0.4, 0.5) is 10.1 Å². The normalized spacial score (nSPS) is 14.5. The summed E-state index contributed by atoms with van der Waals surface area (Å²) in [6, 6.07) is 20.7. The number of hydrogen-bond donors (Lipinski definition) is 0. The van der Waals surface area contributed by atoms with Crippen LogP contribution in [-0.4, -0.2) is 27.1 Å². The number of anilines is 1. The van der Waals surface area contributed by atoms with E-state index in [-0.39, 0.29) is 23.8 Å². The standard InChI is InChI=1S/C27H19FN4O3S/c1-2-35-19-13-9-17(10-14-19)24-29-27-32(30-24)26(34)23(36-27)22-20-5-3-4-6-21(20)31(25(22)33)15-16-7-11-18(28)12-8-16/h3-14H,2,15H2,1H3/b23-22-. The number of benzene rings is 3. The minimum atomic E-state index is -0.388. The quantitative estimate of drug-likeness (QED) is 0.368. The molecule has 7 nitrogen and oxygen atoms in total. The predicted molar refractivity (Wildman–Crippen MR) is 135 cm³/mol. The van der Waals surface area contributed by atoms with E-state index < -0.39 is 0 Å². The van der Waals surface area contributed by atoms with E-state index in [1.807, 2.05) is 55.5 Å². The highest BCUT2D eigenvalue weighted by atomic mass is 32.1. The summed E-state index contributed by atoms with van der Waals surface area (Å²) < 4.78 is 20.4. The number of carbonyl (C=O) groups is 1. The molecule has 0 spiro atoms. The van der Waals surface area contributed by atoms with Gasteiger partial charge >= 0.3 is 0 Å². The Morgan fingerprint density at radius 2 is 1.72 bits per heavy atom. The van der Waals surface area contributed by atoms with E-state index in [0.29, 0.717) is 38.7 Å². The van der Waals surface area contributed by atoms with E-state index >= 15 is 0 Å². The van der Waals surface area contributed by atoms with Gasteiger partial charge in [-0.3, -0.25) is 9.59 Å². The van der Waals surface area contributed by atoms with E-state index in [2.05, 4.69) is 10.1 Å². The molecule has 0 saturated heterocycles. The highest BCUT2D eigenvalue weighted by molar-refractivity contribution is 7.15. The lowest BCUT2D eigenvalue weighted by Gasteiger charge is -2.17. The number of fused-ring (bicyclic) bond motifs is 2. The largest absolute Gasteiger partial charge is 0.494 e. The number of thiazole rings is 1. The molecular weight excluding hydrogens is 479 g/mol. The molecule has 0 radical (unpaired) electrons. The van der Waals surface area contributed by atoms with Crippen LogP contribution in [0.25, 0.3) is 21.9 Å². The number of aromatic nitrogens is 3. The number of halogens is 1. The van der Waals surface area contributed by atoms with E-state index in [4.69, 9.17) is 4.74 Å². The van der Waals surface area contributed by atoms with E-state index in [1.54, 1.807) is 17.0 Å². The van der Waals surface area contributed by atoms with Crippen molar-refractivity contribution in [1.29, 1.82) is 0 Å². The first kappa shape index (κ1) is 22.1. The van der Waals surface area contributed by atoms with Crippen LogP contribution in [0.15, 0.2) is 77.6 Å². The van der Waals surface area contributed by atoms with Crippen LogP contribution >= 0.6 is 11.3 Å². The van der Waals surface area contributed by atoms with E-state index in [9.17, 15) is 14.0 Å². The predicted octanol–water partition coefficient (Wildman–Crippen LogP) is 3.82. The molecule has 178 valence electrons. The van der Waals surface area contributed by atoms with Crippen LogP contribution in [0.2, 0.25) is 0 Å². The van der Waals surface area contributed by atoms with Gasteiger partial charge in [0.05, 0.1) is 24.4 Å². The monoisotopic (exact) mass is 498 g/mol. The average molecular weight is 499 g/mol. The molecule has 0 fully saturated rings. The fourth-order valence-corrected chi connectivity index (χ4v) is 5.30. The van der Waals surface area contributed by atoms with Crippen LogP contribution in [-0.2, 0) is 11.3 Å². The van der Waals surface area contributed by atoms with Crippen LogP contribution in [0.1, 0.15) is 18.1 Å². The van der Waals surface area contributed by atoms with Gasteiger partial charge in [0.1, 0.15) is 16.1 Å². The van der Waals surface area contributed by atoms with Crippen molar-refractivity contribution < 1.29 is 13.9 Å². The van der Waals surface area contributed by atoms with Gasteiger partial charge in [-0.25, -0.2) is 4.39 Å². The van der Waals surface area contributed by atoms with Gasteiger partial charge in [-0.15, -0.1) is 5.10 Å². The number of hydrogen-bond acceptors (Lipinski definition) is 6. The van der Waals surface area contributed by atoms with Crippen LogP contribution in [0, 0.1) is 5.82 Å². The topological polar surface area (TPSA) is 76.8 Å². The molecule has 1 aliphatic rings. The first-order valence-corrected chi connectivity index (χ1v) is 12.2. The second kappa shape index (κ2) is 8.69. The molecule has 0 saturated carbocycles. The maximum atomic E-state index is 13.6. The fraction of sp³-hybridized carbons (Fsp3) is 0.111. The molecule has 1 amide bonds. The summed E-state index contributed by atoms with van der Waals surface area (Å²) in [5.41, 5.74) is 2.87. The molecule has 3 aromatic carbocycles. The first-order chi connectivity index (χ1) is 17.5. The van der Waals surface area contributed by atoms with E-state index in [1.165, 1.54) is 16.6 Å². The second-order valence-electron chi connectivity index (χ2n) is 8.23. The average Bonchev–Trinajstić information content (AvgIpc) is 3.52. The summed E-state index contributed by atoms with van der Waals surface area (Å²) in [7, 11) is 0. The summed E-state index contributed by atoms with van der Waals surface area (Å²) in [5, 5.41) is 4.42. The van der Waals surface area contributed by atoms with Crippen molar-refractivity contribution in [1.82, 2.24) is 14.6 Å². The zero-order valence-electron chi connectivity index (χ0n) is 19.1. The van der Waals surface area contributed by atoms with Gasteiger partial charge in [-0.2, -0.15) is 9.50 Å². The molecule has 0 unspecified atom stereocenters. The van der Waals surface area contributed by atoms with Crippen molar-refractivity contribution in [2.24, 2.45) is 0 Å². The molecular formula is C27H19FN4O3S. The Balaban J connectivity index is 1.43.